The van der Waals surface area contributed by atoms with Gasteiger partial charge in [0.05, 0.1) is 0 Å². The van der Waals surface area contributed by atoms with E-state index in [1.165, 1.54) is 12.1 Å². The highest BCUT2D eigenvalue weighted by atomic mass is 79.9. The summed E-state index contributed by atoms with van der Waals surface area (Å²) in [4.78, 5) is 0. The molecule has 4 heteroatoms. The average Bonchev–Trinajstić information content (AvgIpc) is 2.43. The first-order valence-electron chi connectivity index (χ1n) is 6.38. The molecule has 1 nitrogen and oxygen atoms in total. The Hall–Kier alpha value is -1.26. The van der Waals surface area contributed by atoms with Crippen molar-refractivity contribution in [1.29, 1.82) is 0 Å². The van der Waals surface area contributed by atoms with Gasteiger partial charge in [0.15, 0.2) is 11.6 Å². The summed E-state index contributed by atoms with van der Waals surface area (Å²) in [6, 6.07) is 10.2. The van der Waals surface area contributed by atoms with E-state index in [1.807, 2.05) is 26.1 Å². The van der Waals surface area contributed by atoms with Gasteiger partial charge in [-0.15, -0.1) is 0 Å². The van der Waals surface area contributed by atoms with Crippen molar-refractivity contribution in [3.8, 4) is 0 Å². The van der Waals surface area contributed by atoms with E-state index in [0.29, 0.717) is 6.42 Å². The molecular weight excluding hydrogens is 324 g/mol. The van der Waals surface area contributed by atoms with Crippen LogP contribution in [-0.4, -0.2) is 7.05 Å². The van der Waals surface area contributed by atoms with Crippen molar-refractivity contribution < 1.29 is 8.78 Å². The molecule has 1 atom stereocenters. The van der Waals surface area contributed by atoms with Crippen molar-refractivity contribution in [2.45, 2.75) is 19.4 Å². The number of likely N-dealkylation sites (N-methyl/N-ethyl adjacent to an activating group) is 1. The summed E-state index contributed by atoms with van der Waals surface area (Å²) in [6.07, 6.45) is 0.602. The highest BCUT2D eigenvalue weighted by Gasteiger charge is 2.14. The summed E-state index contributed by atoms with van der Waals surface area (Å²) in [5.74, 6) is -1.61. The van der Waals surface area contributed by atoms with Crippen molar-refractivity contribution in [1.82, 2.24) is 5.32 Å². The van der Waals surface area contributed by atoms with Crippen LogP contribution in [0.4, 0.5) is 8.78 Å². The van der Waals surface area contributed by atoms with Gasteiger partial charge in [0.25, 0.3) is 0 Å². The Balaban J connectivity index is 2.28. The predicted molar refractivity (Wildman–Crippen MR) is 80.7 cm³/mol. The van der Waals surface area contributed by atoms with Gasteiger partial charge in [-0.2, -0.15) is 0 Å². The number of halogens is 3. The zero-order chi connectivity index (χ0) is 14.7. The lowest BCUT2D eigenvalue weighted by atomic mass is 9.95. The van der Waals surface area contributed by atoms with Crippen LogP contribution in [0.15, 0.2) is 40.9 Å². The molecule has 0 heterocycles. The number of aryl methyl sites for hydroxylation is 1. The molecule has 0 saturated heterocycles. The van der Waals surface area contributed by atoms with E-state index in [1.54, 1.807) is 6.07 Å². The molecule has 0 aliphatic heterocycles. The zero-order valence-corrected chi connectivity index (χ0v) is 13.0. The molecule has 0 spiro atoms. The molecule has 2 aromatic carbocycles. The number of hydrogen-bond donors (Lipinski definition) is 1. The lowest BCUT2D eigenvalue weighted by Gasteiger charge is -2.19. The normalized spacial score (nSPS) is 12.4. The zero-order valence-electron chi connectivity index (χ0n) is 11.4. The molecule has 0 radical (unpaired) electrons. The Morgan fingerprint density at radius 3 is 2.50 bits per heavy atom. The first-order chi connectivity index (χ1) is 9.51. The lowest BCUT2D eigenvalue weighted by Crippen LogP contribution is -2.20. The molecule has 2 aromatic rings. The molecule has 0 amide bonds. The third-order valence-electron chi connectivity index (χ3n) is 3.39. The summed E-state index contributed by atoms with van der Waals surface area (Å²) < 4.78 is 27.2. The minimum Gasteiger partial charge on any atom is -0.313 e. The van der Waals surface area contributed by atoms with Gasteiger partial charge in [-0.3, -0.25) is 0 Å². The molecule has 1 unspecified atom stereocenters. The molecule has 0 aromatic heterocycles. The van der Waals surface area contributed by atoms with Crippen molar-refractivity contribution >= 4 is 15.9 Å². The molecule has 20 heavy (non-hydrogen) atoms. The van der Waals surface area contributed by atoms with Crippen LogP contribution in [0, 0.1) is 18.6 Å². The Labute approximate surface area is 126 Å². The standard InChI is InChI=1S/C16H16BrF2N/c1-10-3-5-12(17)9-13(10)16(20-2)8-11-4-6-14(18)15(19)7-11/h3-7,9,16,20H,8H2,1-2H3. The third kappa shape index (κ3) is 3.44. The maximum atomic E-state index is 13.3. The van der Waals surface area contributed by atoms with Crippen LogP contribution >= 0.6 is 15.9 Å². The maximum absolute atomic E-state index is 13.3. The Kier molecular flexibility index (Phi) is 4.89. The predicted octanol–water partition coefficient (Wildman–Crippen LogP) is 4.54. The fourth-order valence-corrected chi connectivity index (χ4v) is 2.64. The van der Waals surface area contributed by atoms with E-state index in [9.17, 15) is 8.78 Å². The summed E-state index contributed by atoms with van der Waals surface area (Å²) in [5, 5.41) is 3.23. The Morgan fingerprint density at radius 2 is 1.85 bits per heavy atom. The fraction of sp³-hybridized carbons (Fsp3) is 0.250. The second-order valence-electron chi connectivity index (χ2n) is 4.79. The van der Waals surface area contributed by atoms with Gasteiger partial charge < -0.3 is 5.32 Å². The van der Waals surface area contributed by atoms with Crippen LogP contribution in [0.1, 0.15) is 22.7 Å². The Morgan fingerprint density at radius 1 is 1.10 bits per heavy atom. The van der Waals surface area contributed by atoms with Crippen molar-refractivity contribution in [2.75, 3.05) is 7.05 Å². The summed E-state index contributed by atoms with van der Waals surface area (Å²) in [6.45, 7) is 2.04. The summed E-state index contributed by atoms with van der Waals surface area (Å²) in [7, 11) is 1.87. The van der Waals surface area contributed by atoms with Crippen LogP contribution in [0.2, 0.25) is 0 Å². The smallest absolute Gasteiger partial charge is 0.159 e. The second-order valence-corrected chi connectivity index (χ2v) is 5.71. The minimum atomic E-state index is -0.812. The number of hydrogen-bond acceptors (Lipinski definition) is 1. The van der Waals surface area contributed by atoms with E-state index in [0.717, 1.165) is 21.2 Å². The first kappa shape index (κ1) is 15.1. The van der Waals surface area contributed by atoms with Gasteiger partial charge in [0, 0.05) is 10.5 Å². The van der Waals surface area contributed by atoms with Crippen LogP contribution < -0.4 is 5.32 Å². The van der Waals surface area contributed by atoms with E-state index >= 15 is 0 Å². The van der Waals surface area contributed by atoms with E-state index in [4.69, 9.17) is 0 Å². The third-order valence-corrected chi connectivity index (χ3v) is 3.88. The quantitative estimate of drug-likeness (QED) is 0.862. The van der Waals surface area contributed by atoms with Crippen molar-refractivity contribution in [3.05, 3.63) is 69.2 Å². The highest BCUT2D eigenvalue weighted by Crippen LogP contribution is 2.25. The lowest BCUT2D eigenvalue weighted by molar-refractivity contribution is 0.504. The van der Waals surface area contributed by atoms with E-state index < -0.39 is 11.6 Å². The minimum absolute atomic E-state index is 0.0531. The number of nitrogens with one attached hydrogen (secondary N) is 1. The number of rotatable bonds is 4. The largest absolute Gasteiger partial charge is 0.313 e. The van der Waals surface area contributed by atoms with E-state index in [-0.39, 0.29) is 6.04 Å². The Bertz CT molecular complexity index is 613. The second kappa shape index (κ2) is 6.46. The van der Waals surface area contributed by atoms with Crippen LogP contribution in [0.25, 0.3) is 0 Å². The molecule has 0 aliphatic carbocycles. The van der Waals surface area contributed by atoms with Gasteiger partial charge in [-0.1, -0.05) is 28.1 Å². The monoisotopic (exact) mass is 339 g/mol. The molecular formula is C16H16BrF2N. The average molecular weight is 340 g/mol. The highest BCUT2D eigenvalue weighted by molar-refractivity contribution is 9.10. The topological polar surface area (TPSA) is 12.0 Å². The summed E-state index contributed by atoms with van der Waals surface area (Å²) >= 11 is 3.46. The van der Waals surface area contributed by atoms with Crippen LogP contribution in [0.5, 0.6) is 0 Å². The van der Waals surface area contributed by atoms with Gasteiger partial charge in [0.1, 0.15) is 0 Å². The molecule has 1 N–H and O–H groups in total. The molecule has 0 bridgehead atoms. The molecule has 2 rings (SSSR count). The molecule has 0 fully saturated rings. The van der Waals surface area contributed by atoms with Crippen LogP contribution in [0.3, 0.4) is 0 Å². The van der Waals surface area contributed by atoms with Gasteiger partial charge in [0.2, 0.25) is 0 Å². The number of benzene rings is 2. The van der Waals surface area contributed by atoms with E-state index in [2.05, 4.69) is 27.3 Å². The fourth-order valence-electron chi connectivity index (χ4n) is 2.26. The first-order valence-corrected chi connectivity index (χ1v) is 7.18. The van der Waals surface area contributed by atoms with Gasteiger partial charge in [-0.05, 0) is 61.3 Å². The van der Waals surface area contributed by atoms with Gasteiger partial charge >= 0.3 is 0 Å². The van der Waals surface area contributed by atoms with Crippen LogP contribution in [-0.2, 0) is 6.42 Å². The van der Waals surface area contributed by atoms with Crippen molar-refractivity contribution in [2.24, 2.45) is 0 Å². The molecule has 0 aliphatic rings. The SMILES string of the molecule is CNC(Cc1ccc(F)c(F)c1)c1cc(Br)ccc1C. The molecule has 106 valence electrons. The van der Waals surface area contributed by atoms with Gasteiger partial charge in [-0.25, -0.2) is 8.78 Å². The van der Waals surface area contributed by atoms with Crippen molar-refractivity contribution in [3.63, 3.8) is 0 Å². The molecule has 0 saturated carbocycles. The summed E-state index contributed by atoms with van der Waals surface area (Å²) in [5.41, 5.74) is 3.07. The maximum Gasteiger partial charge on any atom is 0.159 e.